The zero-order chi connectivity index (χ0) is 17.5. The molecule has 2 aromatic rings. The summed E-state index contributed by atoms with van der Waals surface area (Å²) in [5, 5.41) is 4.78. The van der Waals surface area contributed by atoms with Crippen LogP contribution in [-0.4, -0.2) is 67.1 Å². The monoisotopic (exact) mass is 372 g/mol. The van der Waals surface area contributed by atoms with Crippen LogP contribution < -0.4 is 5.32 Å². The van der Waals surface area contributed by atoms with E-state index in [0.29, 0.717) is 24.6 Å². The molecular formula is C14H20N4O4S2. The van der Waals surface area contributed by atoms with Crippen molar-refractivity contribution >= 4 is 32.2 Å². The van der Waals surface area contributed by atoms with E-state index in [9.17, 15) is 13.2 Å². The third kappa shape index (κ3) is 3.18. The summed E-state index contributed by atoms with van der Waals surface area (Å²) in [6.45, 7) is 2.41. The molecule has 0 spiro atoms. The van der Waals surface area contributed by atoms with Gasteiger partial charge in [0.25, 0.3) is 5.91 Å². The first-order valence-corrected chi connectivity index (χ1v) is 9.99. The summed E-state index contributed by atoms with van der Waals surface area (Å²) in [6, 6.07) is -0.337. The molecule has 1 aliphatic heterocycles. The number of hydrogen-bond donors (Lipinski definition) is 1. The number of carbonyl (C=O) groups is 1. The van der Waals surface area contributed by atoms with Crippen molar-refractivity contribution in [3.63, 3.8) is 0 Å². The van der Waals surface area contributed by atoms with Gasteiger partial charge in [0.2, 0.25) is 10.0 Å². The number of rotatable bonds is 5. The van der Waals surface area contributed by atoms with E-state index in [1.807, 2.05) is 5.38 Å². The Bertz CT molecular complexity index is 855. The minimum atomic E-state index is -3.35. The van der Waals surface area contributed by atoms with Crippen LogP contribution in [0.15, 0.2) is 11.6 Å². The van der Waals surface area contributed by atoms with Gasteiger partial charge in [-0.1, -0.05) is 0 Å². The molecule has 3 rings (SSSR count). The molecule has 3 heterocycles. The minimum Gasteiger partial charge on any atom is -0.379 e. The van der Waals surface area contributed by atoms with E-state index in [4.69, 9.17) is 4.74 Å². The molecule has 1 amide bonds. The van der Waals surface area contributed by atoms with Crippen LogP contribution in [0, 0.1) is 12.8 Å². The van der Waals surface area contributed by atoms with Crippen LogP contribution in [0.25, 0.3) is 4.96 Å². The first kappa shape index (κ1) is 17.3. The molecule has 0 unspecified atom stereocenters. The predicted octanol–water partition coefficient (Wildman–Crippen LogP) is 0.340. The number of hydrogen-bond acceptors (Lipinski definition) is 6. The number of thiazole rings is 1. The molecule has 24 heavy (non-hydrogen) atoms. The fourth-order valence-electron chi connectivity index (χ4n) is 2.75. The van der Waals surface area contributed by atoms with Gasteiger partial charge in [-0.25, -0.2) is 17.7 Å². The van der Waals surface area contributed by atoms with Crippen molar-refractivity contribution in [1.29, 1.82) is 0 Å². The lowest BCUT2D eigenvalue weighted by molar-refractivity contribution is 0.0919. The summed E-state index contributed by atoms with van der Waals surface area (Å²) >= 11 is 1.46. The Morgan fingerprint density at radius 3 is 2.96 bits per heavy atom. The third-order valence-corrected chi connectivity index (χ3v) is 6.87. The summed E-state index contributed by atoms with van der Waals surface area (Å²) in [7, 11) is -0.349. The van der Waals surface area contributed by atoms with Gasteiger partial charge in [0.1, 0.15) is 5.69 Å². The number of amides is 1. The number of aryl methyl sites for hydroxylation is 1. The van der Waals surface area contributed by atoms with E-state index < -0.39 is 10.0 Å². The SMILES string of the molecule is Cc1nc2sccn2c1C(=O)N[C@H]1COC[C@H]1CS(=O)(=O)N(C)C. The van der Waals surface area contributed by atoms with Crippen LogP contribution in [0.1, 0.15) is 16.2 Å². The molecule has 1 aliphatic rings. The molecule has 2 atom stereocenters. The van der Waals surface area contributed by atoms with Crippen molar-refractivity contribution in [3.05, 3.63) is 23.0 Å². The molecule has 0 aromatic carbocycles. The van der Waals surface area contributed by atoms with Gasteiger partial charge in [-0.3, -0.25) is 9.20 Å². The van der Waals surface area contributed by atoms with Crippen molar-refractivity contribution in [3.8, 4) is 0 Å². The molecular weight excluding hydrogens is 352 g/mol. The number of nitrogens with one attached hydrogen (secondary N) is 1. The van der Waals surface area contributed by atoms with Gasteiger partial charge in [-0.15, -0.1) is 11.3 Å². The second-order valence-electron chi connectivity index (χ2n) is 6.04. The highest BCUT2D eigenvalue weighted by molar-refractivity contribution is 7.89. The van der Waals surface area contributed by atoms with Crippen LogP contribution in [0.2, 0.25) is 0 Å². The lowest BCUT2D eigenvalue weighted by atomic mass is 10.1. The van der Waals surface area contributed by atoms with E-state index >= 15 is 0 Å². The fraction of sp³-hybridized carbons (Fsp3) is 0.571. The molecule has 132 valence electrons. The average molecular weight is 372 g/mol. The quantitative estimate of drug-likeness (QED) is 0.817. The number of aromatic nitrogens is 2. The van der Waals surface area contributed by atoms with E-state index in [1.165, 1.54) is 29.7 Å². The van der Waals surface area contributed by atoms with Crippen molar-refractivity contribution in [2.45, 2.75) is 13.0 Å². The molecule has 1 N–H and O–H groups in total. The molecule has 0 aliphatic carbocycles. The molecule has 8 nitrogen and oxygen atoms in total. The van der Waals surface area contributed by atoms with Crippen molar-refractivity contribution in [1.82, 2.24) is 19.0 Å². The van der Waals surface area contributed by atoms with Crippen LogP contribution in [0.4, 0.5) is 0 Å². The lowest BCUT2D eigenvalue weighted by Crippen LogP contribution is -2.44. The number of sulfonamides is 1. The first-order valence-electron chi connectivity index (χ1n) is 7.50. The number of imidazole rings is 1. The van der Waals surface area contributed by atoms with Gasteiger partial charge in [0, 0.05) is 31.6 Å². The number of nitrogens with zero attached hydrogens (tertiary/aromatic N) is 3. The summed E-state index contributed by atoms with van der Waals surface area (Å²) in [4.78, 5) is 17.8. The molecule has 0 saturated carbocycles. The third-order valence-electron chi connectivity index (χ3n) is 4.15. The number of carbonyl (C=O) groups excluding carboxylic acids is 1. The molecule has 0 bridgehead atoms. The maximum absolute atomic E-state index is 12.7. The topological polar surface area (TPSA) is 93.0 Å². The molecule has 1 saturated heterocycles. The van der Waals surface area contributed by atoms with Crippen LogP contribution in [0.5, 0.6) is 0 Å². The summed E-state index contributed by atoms with van der Waals surface area (Å²) in [5.74, 6) is -0.585. The largest absolute Gasteiger partial charge is 0.379 e. The Labute approximate surface area is 144 Å². The van der Waals surface area contributed by atoms with Crippen molar-refractivity contribution < 1.29 is 17.9 Å². The highest BCUT2D eigenvalue weighted by Gasteiger charge is 2.35. The fourth-order valence-corrected chi connectivity index (χ4v) is 4.67. The minimum absolute atomic E-state index is 0.0514. The lowest BCUT2D eigenvalue weighted by Gasteiger charge is -2.21. The Balaban J connectivity index is 1.76. The number of ether oxygens (including phenoxy) is 1. The Morgan fingerprint density at radius 2 is 2.25 bits per heavy atom. The van der Waals surface area contributed by atoms with Crippen molar-refractivity contribution in [2.75, 3.05) is 33.1 Å². The second kappa shape index (κ2) is 6.43. The standard InChI is InChI=1S/C14H20N4O4S2/c1-9-12(18-4-5-23-14(18)15-9)13(19)16-11-7-22-6-10(11)8-24(20,21)17(2)3/h4-5,10-11H,6-8H2,1-3H3,(H,16,19)/t10-,11-/m0/s1. The van der Waals surface area contributed by atoms with Crippen LogP contribution in [0.3, 0.4) is 0 Å². The maximum Gasteiger partial charge on any atom is 0.270 e. The highest BCUT2D eigenvalue weighted by Crippen LogP contribution is 2.20. The smallest absolute Gasteiger partial charge is 0.270 e. The summed E-state index contributed by atoms with van der Waals surface area (Å²) in [6.07, 6.45) is 1.80. The second-order valence-corrected chi connectivity index (χ2v) is 9.14. The predicted molar refractivity (Wildman–Crippen MR) is 90.8 cm³/mol. The van der Waals surface area contributed by atoms with E-state index in [-0.39, 0.29) is 23.6 Å². The van der Waals surface area contributed by atoms with Gasteiger partial charge in [0.05, 0.1) is 30.7 Å². The molecule has 2 aromatic heterocycles. The molecule has 0 radical (unpaired) electrons. The van der Waals surface area contributed by atoms with Crippen molar-refractivity contribution in [2.24, 2.45) is 5.92 Å². The average Bonchev–Trinajstić information content (AvgIpc) is 3.15. The first-order chi connectivity index (χ1) is 11.3. The van der Waals surface area contributed by atoms with Gasteiger partial charge >= 0.3 is 0 Å². The van der Waals surface area contributed by atoms with E-state index in [2.05, 4.69) is 10.3 Å². The van der Waals surface area contributed by atoms with Crippen LogP contribution >= 0.6 is 11.3 Å². The van der Waals surface area contributed by atoms with Gasteiger partial charge < -0.3 is 10.1 Å². The van der Waals surface area contributed by atoms with Gasteiger partial charge in [-0.05, 0) is 6.92 Å². The summed E-state index contributed by atoms with van der Waals surface area (Å²) < 4.78 is 32.5. The molecule has 10 heteroatoms. The van der Waals surface area contributed by atoms with Gasteiger partial charge in [0.15, 0.2) is 4.96 Å². The highest BCUT2D eigenvalue weighted by atomic mass is 32.2. The summed E-state index contributed by atoms with van der Waals surface area (Å²) in [5.41, 5.74) is 1.13. The zero-order valence-corrected chi connectivity index (χ0v) is 15.4. The Hall–Kier alpha value is -1.49. The normalized spacial score (nSPS) is 21.7. The number of fused-ring (bicyclic) bond motifs is 1. The van der Waals surface area contributed by atoms with Crippen LogP contribution in [-0.2, 0) is 14.8 Å². The maximum atomic E-state index is 12.7. The van der Waals surface area contributed by atoms with Gasteiger partial charge in [-0.2, -0.15) is 0 Å². The Kier molecular flexibility index (Phi) is 4.65. The van der Waals surface area contributed by atoms with E-state index in [1.54, 1.807) is 17.5 Å². The van der Waals surface area contributed by atoms with E-state index in [0.717, 1.165) is 4.96 Å². The zero-order valence-electron chi connectivity index (χ0n) is 13.7. The molecule has 1 fully saturated rings. The Morgan fingerprint density at radius 1 is 1.50 bits per heavy atom.